The normalized spacial score (nSPS) is 12.6. The Morgan fingerprint density at radius 2 is 1.65 bits per heavy atom. The van der Waals surface area contributed by atoms with Gasteiger partial charge in [-0.3, -0.25) is 4.79 Å². The van der Waals surface area contributed by atoms with Crippen LogP contribution in [0.4, 0.5) is 5.69 Å². The molecule has 2 rings (SSSR count). The minimum Gasteiger partial charge on any atom is -0.326 e. The van der Waals surface area contributed by atoms with E-state index < -0.39 is 9.84 Å². The summed E-state index contributed by atoms with van der Waals surface area (Å²) >= 11 is 0. The number of hydrogen-bond acceptors (Lipinski definition) is 3. The van der Waals surface area contributed by atoms with Crippen LogP contribution in [-0.2, 0) is 14.6 Å². The number of nitrogens with one attached hydrogen (secondary N) is 1. The van der Waals surface area contributed by atoms with Gasteiger partial charge in [0, 0.05) is 11.9 Å². The molecule has 0 radical (unpaired) electrons. The Labute approximate surface area is 137 Å². The van der Waals surface area contributed by atoms with Crippen molar-refractivity contribution in [1.82, 2.24) is 0 Å². The first kappa shape index (κ1) is 17.2. The van der Waals surface area contributed by atoms with Crippen LogP contribution in [0.2, 0.25) is 0 Å². The van der Waals surface area contributed by atoms with Gasteiger partial charge in [0.1, 0.15) is 0 Å². The van der Waals surface area contributed by atoms with E-state index in [-0.39, 0.29) is 16.7 Å². The largest absolute Gasteiger partial charge is 0.326 e. The summed E-state index contributed by atoms with van der Waals surface area (Å²) in [6, 6.07) is 15.9. The molecule has 0 saturated carbocycles. The van der Waals surface area contributed by atoms with E-state index in [1.54, 1.807) is 12.1 Å². The third-order valence-electron chi connectivity index (χ3n) is 3.65. The van der Waals surface area contributed by atoms with Gasteiger partial charge < -0.3 is 5.32 Å². The molecule has 0 spiro atoms. The van der Waals surface area contributed by atoms with Crippen molar-refractivity contribution in [2.75, 3.05) is 11.6 Å². The molecule has 122 valence electrons. The Balaban J connectivity index is 2.16. The number of sulfone groups is 1. The number of carbonyl (C=O) groups excluding carboxylic acids is 1. The van der Waals surface area contributed by atoms with Crippen molar-refractivity contribution in [3.63, 3.8) is 0 Å². The van der Waals surface area contributed by atoms with E-state index in [9.17, 15) is 13.2 Å². The van der Waals surface area contributed by atoms with Crippen molar-refractivity contribution >= 4 is 21.4 Å². The van der Waals surface area contributed by atoms with Crippen molar-refractivity contribution in [2.45, 2.75) is 30.6 Å². The molecule has 2 aromatic rings. The summed E-state index contributed by atoms with van der Waals surface area (Å²) in [5.41, 5.74) is 1.58. The predicted molar refractivity (Wildman–Crippen MR) is 92.3 cm³/mol. The molecule has 0 aromatic heterocycles. The van der Waals surface area contributed by atoms with E-state index in [4.69, 9.17) is 0 Å². The lowest BCUT2D eigenvalue weighted by Crippen LogP contribution is -2.21. The molecule has 1 atom stereocenters. The van der Waals surface area contributed by atoms with Gasteiger partial charge in [-0.1, -0.05) is 43.7 Å². The summed E-state index contributed by atoms with van der Waals surface area (Å²) in [7, 11) is -3.23. The molecular weight excluding hydrogens is 310 g/mol. The van der Waals surface area contributed by atoms with Gasteiger partial charge in [0.25, 0.3) is 0 Å². The van der Waals surface area contributed by atoms with Gasteiger partial charge in [-0.15, -0.1) is 0 Å². The third kappa shape index (κ3) is 4.66. The molecule has 0 aliphatic carbocycles. The lowest BCUT2D eigenvalue weighted by atomic mass is 9.93. The molecule has 0 bridgehead atoms. The minimum atomic E-state index is -3.23. The lowest BCUT2D eigenvalue weighted by molar-refractivity contribution is -0.117. The molecule has 0 heterocycles. The molecule has 0 fully saturated rings. The van der Waals surface area contributed by atoms with Gasteiger partial charge in [0.05, 0.1) is 10.8 Å². The van der Waals surface area contributed by atoms with Crippen LogP contribution in [0.25, 0.3) is 0 Å². The fraction of sp³-hybridized carbons (Fsp3) is 0.278. The Bertz CT molecular complexity index is 753. The number of anilines is 1. The second kappa shape index (κ2) is 7.42. The average molecular weight is 331 g/mol. The second-order valence-electron chi connectivity index (χ2n) is 5.54. The van der Waals surface area contributed by atoms with Gasteiger partial charge in [0.2, 0.25) is 5.91 Å². The molecule has 0 aliphatic rings. The van der Waals surface area contributed by atoms with Gasteiger partial charge in [-0.05, 0) is 36.2 Å². The fourth-order valence-corrected chi connectivity index (χ4v) is 3.07. The van der Waals surface area contributed by atoms with E-state index in [1.807, 2.05) is 37.3 Å². The number of amides is 1. The summed E-state index contributed by atoms with van der Waals surface area (Å²) < 4.78 is 22.9. The van der Waals surface area contributed by atoms with Crippen LogP contribution in [-0.4, -0.2) is 20.6 Å². The van der Waals surface area contributed by atoms with Gasteiger partial charge in [-0.2, -0.15) is 0 Å². The van der Waals surface area contributed by atoms with Crippen LogP contribution in [0.15, 0.2) is 59.5 Å². The fourth-order valence-electron chi connectivity index (χ4n) is 2.44. The average Bonchev–Trinajstić information content (AvgIpc) is 2.53. The molecular formula is C18H21NO3S. The number of carbonyl (C=O) groups is 1. The highest BCUT2D eigenvalue weighted by Gasteiger charge is 2.19. The van der Waals surface area contributed by atoms with Crippen molar-refractivity contribution in [1.29, 1.82) is 0 Å². The summed E-state index contributed by atoms with van der Waals surface area (Å²) in [5, 5.41) is 2.87. The van der Waals surface area contributed by atoms with Crippen molar-refractivity contribution in [2.24, 2.45) is 0 Å². The quantitative estimate of drug-likeness (QED) is 0.879. The molecule has 2 aromatic carbocycles. The van der Waals surface area contributed by atoms with Crippen molar-refractivity contribution < 1.29 is 13.2 Å². The first-order valence-corrected chi connectivity index (χ1v) is 9.47. The highest BCUT2D eigenvalue weighted by Crippen LogP contribution is 2.23. The summed E-state index contributed by atoms with van der Waals surface area (Å²) in [6.45, 7) is 2.05. The van der Waals surface area contributed by atoms with Gasteiger partial charge in [-0.25, -0.2) is 8.42 Å². The number of hydrogen-bond donors (Lipinski definition) is 1. The topological polar surface area (TPSA) is 63.2 Å². The zero-order chi connectivity index (χ0) is 16.9. The number of rotatable bonds is 6. The maximum absolute atomic E-state index is 12.6. The SMILES string of the molecule is CCCC(C(=O)Nc1ccc(S(C)(=O)=O)cc1)c1ccccc1. The monoisotopic (exact) mass is 331 g/mol. The second-order valence-corrected chi connectivity index (χ2v) is 7.55. The van der Waals surface area contributed by atoms with Crippen LogP contribution in [0.1, 0.15) is 31.2 Å². The zero-order valence-corrected chi connectivity index (χ0v) is 14.1. The maximum atomic E-state index is 12.6. The first-order chi connectivity index (χ1) is 10.9. The first-order valence-electron chi connectivity index (χ1n) is 7.57. The Morgan fingerprint density at radius 1 is 1.04 bits per heavy atom. The van der Waals surface area contributed by atoms with E-state index >= 15 is 0 Å². The Kier molecular flexibility index (Phi) is 5.55. The van der Waals surface area contributed by atoms with Crippen LogP contribution < -0.4 is 5.32 Å². The zero-order valence-electron chi connectivity index (χ0n) is 13.3. The molecule has 1 N–H and O–H groups in total. The highest BCUT2D eigenvalue weighted by molar-refractivity contribution is 7.90. The van der Waals surface area contributed by atoms with Crippen LogP contribution in [0.3, 0.4) is 0 Å². The van der Waals surface area contributed by atoms with Crippen LogP contribution in [0, 0.1) is 0 Å². The number of benzene rings is 2. The van der Waals surface area contributed by atoms with Crippen LogP contribution in [0.5, 0.6) is 0 Å². The van der Waals surface area contributed by atoms with Gasteiger partial charge >= 0.3 is 0 Å². The summed E-state index contributed by atoms with van der Waals surface area (Å²) in [6.07, 6.45) is 2.82. The maximum Gasteiger partial charge on any atom is 0.231 e. The minimum absolute atomic E-state index is 0.0786. The summed E-state index contributed by atoms with van der Waals surface area (Å²) in [5.74, 6) is -0.291. The van der Waals surface area contributed by atoms with Crippen molar-refractivity contribution in [3.8, 4) is 0 Å². The molecule has 4 nitrogen and oxygen atoms in total. The molecule has 0 saturated heterocycles. The highest BCUT2D eigenvalue weighted by atomic mass is 32.2. The van der Waals surface area contributed by atoms with E-state index in [1.165, 1.54) is 12.1 Å². The van der Waals surface area contributed by atoms with E-state index in [0.29, 0.717) is 5.69 Å². The van der Waals surface area contributed by atoms with Crippen molar-refractivity contribution in [3.05, 3.63) is 60.2 Å². The molecule has 0 aliphatic heterocycles. The summed E-state index contributed by atoms with van der Waals surface area (Å²) in [4.78, 5) is 12.8. The molecule has 1 unspecified atom stereocenters. The van der Waals surface area contributed by atoms with E-state index in [2.05, 4.69) is 5.32 Å². The Morgan fingerprint density at radius 3 is 2.17 bits per heavy atom. The molecule has 23 heavy (non-hydrogen) atoms. The third-order valence-corrected chi connectivity index (χ3v) is 4.77. The standard InChI is InChI=1S/C18H21NO3S/c1-3-7-17(14-8-5-4-6-9-14)18(20)19-15-10-12-16(13-11-15)23(2,21)22/h4-6,8-13,17H,3,7H2,1-2H3,(H,19,20). The predicted octanol–water partition coefficient (Wildman–Crippen LogP) is 3.61. The molecule has 5 heteroatoms. The van der Waals surface area contributed by atoms with Gasteiger partial charge in [0.15, 0.2) is 9.84 Å². The van der Waals surface area contributed by atoms with E-state index in [0.717, 1.165) is 24.7 Å². The Hall–Kier alpha value is -2.14. The molecule has 1 amide bonds. The van der Waals surface area contributed by atoms with Crippen LogP contribution >= 0.6 is 0 Å². The lowest BCUT2D eigenvalue weighted by Gasteiger charge is -2.16. The smallest absolute Gasteiger partial charge is 0.231 e.